The summed E-state index contributed by atoms with van der Waals surface area (Å²) >= 11 is 0. The third-order valence-electron chi connectivity index (χ3n) is 4.17. The van der Waals surface area contributed by atoms with Gasteiger partial charge in [-0.25, -0.2) is 9.37 Å². The first-order chi connectivity index (χ1) is 10.4. The summed E-state index contributed by atoms with van der Waals surface area (Å²) in [4.78, 5) is 7.70. The van der Waals surface area contributed by atoms with Gasteiger partial charge in [0.15, 0.2) is 11.6 Å². The molecule has 0 saturated carbocycles. The molecule has 8 heteroatoms. The van der Waals surface area contributed by atoms with E-state index in [4.69, 9.17) is 4.74 Å². The molecule has 1 aromatic heterocycles. The van der Waals surface area contributed by atoms with Crippen molar-refractivity contribution in [3.05, 3.63) is 23.6 Å². The van der Waals surface area contributed by atoms with Crippen LogP contribution >= 0.6 is 0 Å². The molecular formula is C14H17F4N3O. The summed E-state index contributed by atoms with van der Waals surface area (Å²) in [6, 6.07) is 0.789. The predicted molar refractivity (Wildman–Crippen MR) is 72.2 cm³/mol. The molecule has 1 aromatic rings. The first-order valence-electron chi connectivity index (χ1n) is 7.24. The smallest absolute Gasteiger partial charge is 0.379 e. The number of nitrogens with zero attached hydrogens (tertiary/aromatic N) is 3. The van der Waals surface area contributed by atoms with E-state index in [-0.39, 0.29) is 11.9 Å². The molecular weight excluding hydrogens is 302 g/mol. The van der Waals surface area contributed by atoms with Gasteiger partial charge in [0.1, 0.15) is 0 Å². The number of anilines is 1. The lowest BCUT2D eigenvalue weighted by atomic mass is 10.2. The molecule has 0 bridgehead atoms. The van der Waals surface area contributed by atoms with Crippen LogP contribution in [0.2, 0.25) is 0 Å². The van der Waals surface area contributed by atoms with Crippen LogP contribution in [0.4, 0.5) is 23.4 Å². The molecule has 0 N–H and O–H groups in total. The van der Waals surface area contributed by atoms with Crippen LogP contribution in [0, 0.1) is 5.82 Å². The quantitative estimate of drug-likeness (QED) is 0.781. The van der Waals surface area contributed by atoms with Crippen molar-refractivity contribution in [1.29, 1.82) is 0 Å². The Hall–Kier alpha value is -1.41. The minimum Gasteiger partial charge on any atom is -0.379 e. The highest BCUT2D eigenvalue weighted by Crippen LogP contribution is 2.32. The van der Waals surface area contributed by atoms with Crippen molar-refractivity contribution in [3.63, 3.8) is 0 Å². The van der Waals surface area contributed by atoms with Gasteiger partial charge in [0.25, 0.3) is 0 Å². The van der Waals surface area contributed by atoms with Crippen molar-refractivity contribution in [2.75, 3.05) is 44.3 Å². The Kier molecular flexibility index (Phi) is 4.22. The van der Waals surface area contributed by atoms with E-state index in [1.165, 1.54) is 0 Å². The van der Waals surface area contributed by atoms with Crippen molar-refractivity contribution in [2.45, 2.75) is 18.6 Å². The van der Waals surface area contributed by atoms with Crippen molar-refractivity contribution in [3.8, 4) is 0 Å². The molecule has 4 nitrogen and oxygen atoms in total. The second-order valence-electron chi connectivity index (χ2n) is 5.56. The second-order valence-corrected chi connectivity index (χ2v) is 5.56. The molecule has 22 heavy (non-hydrogen) atoms. The first kappa shape index (κ1) is 15.5. The molecule has 1 unspecified atom stereocenters. The zero-order valence-electron chi connectivity index (χ0n) is 11.9. The minimum atomic E-state index is -4.58. The fourth-order valence-electron chi connectivity index (χ4n) is 2.99. The Balaban J connectivity index is 1.70. The maximum absolute atomic E-state index is 14.0. The number of ether oxygens (including phenoxy) is 1. The average Bonchev–Trinajstić information content (AvgIpc) is 2.96. The third-order valence-corrected chi connectivity index (χ3v) is 4.17. The Morgan fingerprint density at radius 1 is 1.18 bits per heavy atom. The Morgan fingerprint density at radius 2 is 1.91 bits per heavy atom. The van der Waals surface area contributed by atoms with Gasteiger partial charge in [0.05, 0.1) is 18.8 Å². The summed E-state index contributed by atoms with van der Waals surface area (Å²) in [5.74, 6) is -0.916. The zero-order chi connectivity index (χ0) is 15.7. The normalized spacial score (nSPS) is 24.0. The fraction of sp³-hybridized carbons (Fsp3) is 0.643. The van der Waals surface area contributed by atoms with Crippen LogP contribution < -0.4 is 4.90 Å². The van der Waals surface area contributed by atoms with Crippen LogP contribution in [0.5, 0.6) is 0 Å². The Morgan fingerprint density at radius 3 is 2.55 bits per heavy atom. The molecule has 2 saturated heterocycles. The summed E-state index contributed by atoms with van der Waals surface area (Å²) in [7, 11) is 0. The number of aromatic nitrogens is 1. The van der Waals surface area contributed by atoms with Gasteiger partial charge in [-0.1, -0.05) is 0 Å². The molecule has 122 valence electrons. The maximum Gasteiger partial charge on any atom is 0.417 e. The minimum absolute atomic E-state index is 0.00348. The molecule has 3 heterocycles. The van der Waals surface area contributed by atoms with E-state index in [9.17, 15) is 17.6 Å². The van der Waals surface area contributed by atoms with Crippen molar-refractivity contribution in [1.82, 2.24) is 9.88 Å². The van der Waals surface area contributed by atoms with Gasteiger partial charge in [-0.15, -0.1) is 0 Å². The number of rotatable bonds is 2. The highest BCUT2D eigenvalue weighted by atomic mass is 19.4. The van der Waals surface area contributed by atoms with E-state index in [2.05, 4.69) is 9.88 Å². The standard InChI is InChI=1S/C14H17F4N3O/c15-12-7-10(14(16,17)18)8-19-13(12)21-2-1-11(9-21)20-3-5-22-6-4-20/h7-8,11H,1-6,9H2. The van der Waals surface area contributed by atoms with Crippen molar-refractivity contribution in [2.24, 2.45) is 0 Å². The van der Waals surface area contributed by atoms with Crippen molar-refractivity contribution < 1.29 is 22.3 Å². The summed E-state index contributed by atoms with van der Waals surface area (Å²) in [5.41, 5.74) is -1.06. The third kappa shape index (κ3) is 3.17. The van der Waals surface area contributed by atoms with Gasteiger partial charge in [-0.3, -0.25) is 4.90 Å². The maximum atomic E-state index is 14.0. The number of alkyl halides is 3. The summed E-state index contributed by atoms with van der Waals surface area (Å²) < 4.78 is 56.9. The highest BCUT2D eigenvalue weighted by Gasteiger charge is 2.34. The van der Waals surface area contributed by atoms with Crippen LogP contribution in [-0.4, -0.2) is 55.3 Å². The van der Waals surface area contributed by atoms with Crippen LogP contribution in [0.25, 0.3) is 0 Å². The number of halogens is 4. The van der Waals surface area contributed by atoms with Gasteiger partial charge >= 0.3 is 6.18 Å². The topological polar surface area (TPSA) is 28.6 Å². The lowest BCUT2D eigenvalue weighted by molar-refractivity contribution is -0.138. The Labute approximate surface area is 125 Å². The number of hydrogen-bond donors (Lipinski definition) is 0. The summed E-state index contributed by atoms with van der Waals surface area (Å²) in [6.45, 7) is 4.21. The lowest BCUT2D eigenvalue weighted by Crippen LogP contribution is -2.44. The van der Waals surface area contributed by atoms with Crippen molar-refractivity contribution >= 4 is 5.82 Å². The van der Waals surface area contributed by atoms with Gasteiger partial charge in [0, 0.05) is 38.4 Å². The molecule has 2 aliphatic heterocycles. The molecule has 0 radical (unpaired) electrons. The molecule has 0 aliphatic carbocycles. The van der Waals surface area contributed by atoms with Gasteiger partial charge < -0.3 is 9.64 Å². The van der Waals surface area contributed by atoms with E-state index in [0.29, 0.717) is 38.6 Å². The van der Waals surface area contributed by atoms with Crippen LogP contribution in [0.1, 0.15) is 12.0 Å². The fourth-order valence-corrected chi connectivity index (χ4v) is 2.99. The SMILES string of the molecule is Fc1cc(C(F)(F)F)cnc1N1CCC(N2CCOCC2)C1. The van der Waals surface area contributed by atoms with E-state index >= 15 is 0 Å². The largest absolute Gasteiger partial charge is 0.417 e. The Bertz CT molecular complexity index is 531. The van der Waals surface area contributed by atoms with E-state index < -0.39 is 17.6 Å². The molecule has 2 aliphatic rings. The lowest BCUT2D eigenvalue weighted by Gasteiger charge is -2.32. The van der Waals surface area contributed by atoms with Gasteiger partial charge in [-0.2, -0.15) is 13.2 Å². The molecule has 3 rings (SSSR count). The van der Waals surface area contributed by atoms with E-state index in [1.807, 2.05) is 0 Å². The molecule has 0 aromatic carbocycles. The summed E-state index contributed by atoms with van der Waals surface area (Å²) in [6.07, 6.45) is -3.03. The number of hydrogen-bond acceptors (Lipinski definition) is 4. The average molecular weight is 319 g/mol. The first-order valence-corrected chi connectivity index (χ1v) is 7.24. The molecule has 2 fully saturated rings. The second kappa shape index (κ2) is 6.00. The van der Waals surface area contributed by atoms with E-state index in [1.54, 1.807) is 4.90 Å². The number of morpholine rings is 1. The van der Waals surface area contributed by atoms with Gasteiger partial charge in [-0.05, 0) is 12.5 Å². The molecule has 1 atom stereocenters. The highest BCUT2D eigenvalue weighted by molar-refractivity contribution is 5.43. The van der Waals surface area contributed by atoms with Crippen LogP contribution in [0.15, 0.2) is 12.3 Å². The molecule has 0 spiro atoms. The molecule has 0 amide bonds. The summed E-state index contributed by atoms with van der Waals surface area (Å²) in [5, 5.41) is 0. The van der Waals surface area contributed by atoms with Gasteiger partial charge in [0.2, 0.25) is 0 Å². The predicted octanol–water partition coefficient (Wildman–Crippen LogP) is 2.15. The number of pyridine rings is 1. The zero-order valence-corrected chi connectivity index (χ0v) is 11.9. The van der Waals surface area contributed by atoms with Crippen LogP contribution in [0.3, 0.4) is 0 Å². The van der Waals surface area contributed by atoms with Crippen LogP contribution in [-0.2, 0) is 10.9 Å². The van der Waals surface area contributed by atoms with E-state index in [0.717, 1.165) is 19.5 Å². The monoisotopic (exact) mass is 319 g/mol.